The highest BCUT2D eigenvalue weighted by molar-refractivity contribution is 5.97. The monoisotopic (exact) mass is 294 g/mol. The molecule has 0 aliphatic rings. The summed E-state index contributed by atoms with van der Waals surface area (Å²) < 4.78 is 28.8. The van der Waals surface area contributed by atoms with Crippen molar-refractivity contribution in [1.82, 2.24) is 15.1 Å². The van der Waals surface area contributed by atoms with E-state index in [1.165, 1.54) is 23.9 Å². The Morgan fingerprint density at radius 2 is 2.05 bits per heavy atom. The first-order chi connectivity index (χ1) is 9.95. The molecule has 0 saturated carbocycles. The number of rotatable bonds is 4. The summed E-state index contributed by atoms with van der Waals surface area (Å²) in [5, 5.41) is 6.49. The van der Waals surface area contributed by atoms with Gasteiger partial charge >= 0.3 is 0 Å². The summed E-state index contributed by atoms with van der Waals surface area (Å²) in [4.78, 5) is 12.2. The number of hydrogen-bond acceptors (Lipinski definition) is 3. The van der Waals surface area contributed by atoms with Crippen LogP contribution in [0.3, 0.4) is 0 Å². The number of benzene rings is 1. The molecule has 0 bridgehead atoms. The van der Waals surface area contributed by atoms with Crippen molar-refractivity contribution in [3.8, 4) is 0 Å². The SMILES string of the molecule is CCn1ncc(N)c1C(=O)NC(C)c1c(F)cccc1F. The second kappa shape index (κ2) is 5.90. The third kappa shape index (κ3) is 2.86. The number of carbonyl (C=O) groups is 1. The summed E-state index contributed by atoms with van der Waals surface area (Å²) in [6.07, 6.45) is 1.37. The van der Waals surface area contributed by atoms with E-state index in [4.69, 9.17) is 5.73 Å². The minimum atomic E-state index is -0.835. The van der Waals surface area contributed by atoms with Gasteiger partial charge in [0, 0.05) is 12.1 Å². The molecule has 112 valence electrons. The lowest BCUT2D eigenvalue weighted by atomic mass is 10.1. The second-order valence-corrected chi connectivity index (χ2v) is 4.59. The van der Waals surface area contributed by atoms with E-state index >= 15 is 0 Å². The Bertz CT molecular complexity index is 649. The van der Waals surface area contributed by atoms with Crippen molar-refractivity contribution in [2.45, 2.75) is 26.4 Å². The lowest BCUT2D eigenvalue weighted by molar-refractivity contribution is 0.0929. The van der Waals surface area contributed by atoms with Crippen molar-refractivity contribution in [3.63, 3.8) is 0 Å². The van der Waals surface area contributed by atoms with Crippen LogP contribution in [0.25, 0.3) is 0 Å². The number of carbonyl (C=O) groups excluding carboxylic acids is 1. The van der Waals surface area contributed by atoms with Gasteiger partial charge in [0.1, 0.15) is 17.3 Å². The van der Waals surface area contributed by atoms with Crippen LogP contribution >= 0.6 is 0 Å². The van der Waals surface area contributed by atoms with E-state index in [0.717, 1.165) is 12.1 Å². The van der Waals surface area contributed by atoms with Crippen molar-refractivity contribution in [2.75, 3.05) is 5.73 Å². The normalized spacial score (nSPS) is 12.2. The maximum Gasteiger partial charge on any atom is 0.272 e. The Hall–Kier alpha value is -2.44. The average Bonchev–Trinajstić information content (AvgIpc) is 2.79. The minimum Gasteiger partial charge on any atom is -0.396 e. The number of nitrogens with zero attached hydrogens (tertiary/aromatic N) is 2. The van der Waals surface area contributed by atoms with Crippen molar-refractivity contribution in [2.24, 2.45) is 0 Å². The van der Waals surface area contributed by atoms with Gasteiger partial charge in [-0.2, -0.15) is 5.10 Å². The highest BCUT2D eigenvalue weighted by Gasteiger charge is 2.22. The van der Waals surface area contributed by atoms with Gasteiger partial charge in [-0.25, -0.2) is 8.78 Å². The fourth-order valence-corrected chi connectivity index (χ4v) is 2.15. The van der Waals surface area contributed by atoms with Gasteiger partial charge in [0.25, 0.3) is 5.91 Å². The van der Waals surface area contributed by atoms with Crippen molar-refractivity contribution in [1.29, 1.82) is 0 Å². The molecule has 21 heavy (non-hydrogen) atoms. The quantitative estimate of drug-likeness (QED) is 0.908. The molecule has 0 spiro atoms. The van der Waals surface area contributed by atoms with Gasteiger partial charge in [-0.3, -0.25) is 9.48 Å². The largest absolute Gasteiger partial charge is 0.396 e. The van der Waals surface area contributed by atoms with Crippen LogP contribution < -0.4 is 11.1 Å². The number of nitrogen functional groups attached to an aromatic ring is 1. The van der Waals surface area contributed by atoms with E-state index in [1.54, 1.807) is 0 Å². The van der Waals surface area contributed by atoms with Crippen LogP contribution in [-0.4, -0.2) is 15.7 Å². The first-order valence-corrected chi connectivity index (χ1v) is 6.51. The zero-order valence-electron chi connectivity index (χ0n) is 11.7. The second-order valence-electron chi connectivity index (χ2n) is 4.59. The molecule has 0 aliphatic heterocycles. The van der Waals surface area contributed by atoms with Gasteiger partial charge in [-0.05, 0) is 26.0 Å². The Morgan fingerprint density at radius 3 is 2.62 bits per heavy atom. The van der Waals surface area contributed by atoms with Crippen LogP contribution in [0, 0.1) is 11.6 Å². The van der Waals surface area contributed by atoms with E-state index < -0.39 is 23.6 Å². The van der Waals surface area contributed by atoms with Gasteiger partial charge in [-0.15, -0.1) is 0 Å². The third-order valence-corrected chi connectivity index (χ3v) is 3.16. The lowest BCUT2D eigenvalue weighted by Crippen LogP contribution is -2.30. The highest BCUT2D eigenvalue weighted by atomic mass is 19.1. The fraction of sp³-hybridized carbons (Fsp3) is 0.286. The number of nitrogens with two attached hydrogens (primary N) is 1. The van der Waals surface area contributed by atoms with Crippen molar-refractivity contribution >= 4 is 11.6 Å². The van der Waals surface area contributed by atoms with Gasteiger partial charge in [0.2, 0.25) is 0 Å². The molecule has 0 aliphatic carbocycles. The molecule has 1 unspecified atom stereocenters. The van der Waals surface area contributed by atoms with E-state index in [2.05, 4.69) is 10.4 Å². The zero-order chi connectivity index (χ0) is 15.6. The molecular weight excluding hydrogens is 278 g/mol. The Morgan fingerprint density at radius 1 is 1.43 bits per heavy atom. The summed E-state index contributed by atoms with van der Waals surface area (Å²) in [6.45, 7) is 3.77. The molecule has 0 fully saturated rings. The number of aromatic nitrogens is 2. The molecule has 0 saturated heterocycles. The third-order valence-electron chi connectivity index (χ3n) is 3.16. The van der Waals surface area contributed by atoms with Crippen LogP contribution in [0.4, 0.5) is 14.5 Å². The molecule has 1 aromatic carbocycles. The molecule has 0 radical (unpaired) electrons. The molecule has 2 aromatic rings. The van der Waals surface area contributed by atoms with Crippen LogP contribution in [-0.2, 0) is 6.54 Å². The van der Waals surface area contributed by atoms with E-state index in [9.17, 15) is 13.6 Å². The standard InChI is InChI=1S/C14H16F2N4O/c1-3-20-13(11(17)7-18-20)14(21)19-8(2)12-9(15)5-4-6-10(12)16/h4-8H,3,17H2,1-2H3,(H,19,21). The summed E-state index contributed by atoms with van der Waals surface area (Å²) in [7, 11) is 0. The average molecular weight is 294 g/mol. The van der Waals surface area contributed by atoms with Crippen LogP contribution in [0.15, 0.2) is 24.4 Å². The first-order valence-electron chi connectivity index (χ1n) is 6.51. The van der Waals surface area contributed by atoms with E-state index in [0.29, 0.717) is 6.54 Å². The maximum absolute atomic E-state index is 13.7. The van der Waals surface area contributed by atoms with Crippen LogP contribution in [0.1, 0.15) is 35.9 Å². The molecule has 5 nitrogen and oxygen atoms in total. The first kappa shape index (κ1) is 15.0. The Labute approximate surface area is 120 Å². The van der Waals surface area contributed by atoms with Crippen molar-refractivity contribution < 1.29 is 13.6 Å². The topological polar surface area (TPSA) is 72.9 Å². The molecule has 7 heteroatoms. The molecule has 1 atom stereocenters. The van der Waals surface area contributed by atoms with Gasteiger partial charge in [-0.1, -0.05) is 6.07 Å². The summed E-state index contributed by atoms with van der Waals surface area (Å²) >= 11 is 0. The van der Waals surface area contributed by atoms with Crippen molar-refractivity contribution in [3.05, 3.63) is 47.3 Å². The zero-order valence-corrected chi connectivity index (χ0v) is 11.7. The van der Waals surface area contributed by atoms with Gasteiger partial charge in [0.15, 0.2) is 0 Å². The number of aryl methyl sites for hydroxylation is 1. The smallest absolute Gasteiger partial charge is 0.272 e. The Kier molecular flexibility index (Phi) is 4.21. The molecule has 1 aromatic heterocycles. The molecule has 1 amide bonds. The van der Waals surface area contributed by atoms with Crippen LogP contribution in [0.5, 0.6) is 0 Å². The minimum absolute atomic E-state index is 0.182. The number of anilines is 1. The predicted octanol–water partition coefficient (Wildman–Crippen LogP) is 2.25. The summed E-state index contributed by atoms with van der Waals surface area (Å²) in [5.41, 5.74) is 5.91. The Balaban J connectivity index is 2.25. The van der Waals surface area contributed by atoms with E-state index in [-0.39, 0.29) is 16.9 Å². The molecule has 2 rings (SSSR count). The lowest BCUT2D eigenvalue weighted by Gasteiger charge is -2.16. The summed E-state index contributed by atoms with van der Waals surface area (Å²) in [6, 6.07) is 2.72. The molecule has 1 heterocycles. The van der Waals surface area contributed by atoms with Gasteiger partial charge in [0.05, 0.1) is 17.9 Å². The maximum atomic E-state index is 13.7. The predicted molar refractivity (Wildman–Crippen MR) is 74.6 cm³/mol. The fourth-order valence-electron chi connectivity index (χ4n) is 2.15. The summed E-state index contributed by atoms with van der Waals surface area (Å²) in [5.74, 6) is -1.94. The number of halogens is 2. The van der Waals surface area contributed by atoms with E-state index in [1.807, 2.05) is 6.92 Å². The number of nitrogens with one attached hydrogen (secondary N) is 1. The van der Waals surface area contributed by atoms with Crippen LogP contribution in [0.2, 0.25) is 0 Å². The highest BCUT2D eigenvalue weighted by Crippen LogP contribution is 2.21. The number of amides is 1. The molecule has 3 N–H and O–H groups in total. The van der Waals surface area contributed by atoms with Gasteiger partial charge < -0.3 is 11.1 Å². The molecular formula is C14H16F2N4O. The number of hydrogen-bond donors (Lipinski definition) is 2.